The van der Waals surface area contributed by atoms with Crippen molar-refractivity contribution in [3.8, 4) is 5.75 Å². The van der Waals surface area contributed by atoms with Crippen LogP contribution in [-0.2, 0) is 18.0 Å². The number of benzene rings is 2. The van der Waals surface area contributed by atoms with E-state index in [1.165, 1.54) is 13.2 Å². The highest BCUT2D eigenvalue weighted by molar-refractivity contribution is 5.89. The minimum atomic E-state index is -0.966. The summed E-state index contributed by atoms with van der Waals surface area (Å²) in [5.74, 6) is -0.336. The van der Waals surface area contributed by atoms with Crippen LogP contribution in [0.25, 0.3) is 0 Å². The number of methoxy groups -OCH3 is 1. The molecule has 0 spiro atoms. The summed E-state index contributed by atoms with van der Waals surface area (Å²) < 4.78 is 10.7. The minimum absolute atomic E-state index is 0.235. The zero-order chi connectivity index (χ0) is 14.4. The summed E-state index contributed by atoms with van der Waals surface area (Å²) in [6.07, 6.45) is 0. The molecule has 20 heavy (non-hydrogen) atoms. The maximum atomic E-state index is 11.1. The number of hydrogen-bond donors (Lipinski definition) is 1. The number of carbonyl (C=O) groups is 1. The van der Waals surface area contributed by atoms with Crippen LogP contribution in [0.15, 0.2) is 48.5 Å². The second kappa shape index (κ2) is 6.73. The first-order valence-corrected chi connectivity index (χ1v) is 6.22. The third-order valence-electron chi connectivity index (χ3n) is 2.86. The van der Waals surface area contributed by atoms with Crippen LogP contribution >= 0.6 is 0 Å². The van der Waals surface area contributed by atoms with Crippen LogP contribution in [0.1, 0.15) is 21.5 Å². The van der Waals surface area contributed by atoms with E-state index in [1.54, 1.807) is 12.1 Å². The molecule has 0 bridgehead atoms. The summed E-state index contributed by atoms with van der Waals surface area (Å²) in [6, 6.07) is 14.7. The van der Waals surface area contributed by atoms with Gasteiger partial charge in [-0.25, -0.2) is 4.79 Å². The predicted octanol–water partition coefficient (Wildman–Crippen LogP) is 3.11. The lowest BCUT2D eigenvalue weighted by Crippen LogP contribution is -2.04. The molecule has 0 fully saturated rings. The Morgan fingerprint density at radius 2 is 1.85 bits per heavy atom. The Kier molecular flexibility index (Phi) is 4.74. The zero-order valence-corrected chi connectivity index (χ0v) is 11.2. The summed E-state index contributed by atoms with van der Waals surface area (Å²) in [5.41, 5.74) is 1.90. The maximum Gasteiger partial charge on any atom is 0.336 e. The summed E-state index contributed by atoms with van der Waals surface area (Å²) in [4.78, 5) is 11.1. The monoisotopic (exact) mass is 272 g/mol. The van der Waals surface area contributed by atoms with Gasteiger partial charge in [-0.3, -0.25) is 0 Å². The first-order valence-electron chi connectivity index (χ1n) is 6.22. The maximum absolute atomic E-state index is 11.1. The van der Waals surface area contributed by atoms with Crippen molar-refractivity contribution in [2.45, 2.75) is 13.2 Å². The summed E-state index contributed by atoms with van der Waals surface area (Å²) in [6.45, 7) is 0.684. The molecular formula is C16H16O4. The standard InChI is InChI=1S/C16H16O4/c1-19-11-13-9-14(7-8-15(13)16(17)18)20-10-12-5-3-2-4-6-12/h2-9H,10-11H2,1H3,(H,17,18). The van der Waals surface area contributed by atoms with Crippen molar-refractivity contribution in [1.29, 1.82) is 0 Å². The van der Waals surface area contributed by atoms with Crippen molar-refractivity contribution in [2.75, 3.05) is 7.11 Å². The largest absolute Gasteiger partial charge is 0.489 e. The smallest absolute Gasteiger partial charge is 0.336 e. The van der Waals surface area contributed by atoms with Crippen molar-refractivity contribution in [2.24, 2.45) is 0 Å². The molecule has 0 saturated carbocycles. The molecule has 1 N–H and O–H groups in total. The summed E-state index contributed by atoms with van der Waals surface area (Å²) >= 11 is 0. The van der Waals surface area contributed by atoms with Crippen molar-refractivity contribution in [1.82, 2.24) is 0 Å². The quantitative estimate of drug-likeness (QED) is 0.877. The third-order valence-corrected chi connectivity index (χ3v) is 2.86. The molecule has 2 aromatic rings. The molecule has 4 nitrogen and oxygen atoms in total. The molecule has 0 radical (unpaired) electrons. The lowest BCUT2D eigenvalue weighted by Gasteiger charge is -2.10. The van der Waals surface area contributed by atoms with Gasteiger partial charge in [-0.1, -0.05) is 30.3 Å². The molecule has 0 aromatic heterocycles. The molecule has 2 rings (SSSR count). The van der Waals surface area contributed by atoms with E-state index >= 15 is 0 Å². The summed E-state index contributed by atoms with van der Waals surface area (Å²) in [7, 11) is 1.53. The van der Waals surface area contributed by atoms with Crippen molar-refractivity contribution >= 4 is 5.97 Å². The lowest BCUT2D eigenvalue weighted by atomic mass is 10.1. The van der Waals surface area contributed by atoms with Crippen LogP contribution in [0.2, 0.25) is 0 Å². The number of carboxylic acid groups (broad SMARTS) is 1. The molecule has 0 amide bonds. The fraction of sp³-hybridized carbons (Fsp3) is 0.188. The fourth-order valence-electron chi connectivity index (χ4n) is 1.88. The van der Waals surface area contributed by atoms with E-state index in [0.29, 0.717) is 17.9 Å². The van der Waals surface area contributed by atoms with Crippen LogP contribution in [0.4, 0.5) is 0 Å². The molecule has 0 heterocycles. The molecule has 4 heteroatoms. The second-order valence-corrected chi connectivity index (χ2v) is 4.33. The van der Waals surface area contributed by atoms with E-state index in [9.17, 15) is 4.79 Å². The van der Waals surface area contributed by atoms with Gasteiger partial charge >= 0.3 is 5.97 Å². The predicted molar refractivity (Wildman–Crippen MR) is 74.9 cm³/mol. The molecule has 0 aliphatic heterocycles. The van der Waals surface area contributed by atoms with E-state index in [-0.39, 0.29) is 12.2 Å². The van der Waals surface area contributed by atoms with Gasteiger partial charge in [0.25, 0.3) is 0 Å². The van der Waals surface area contributed by atoms with Gasteiger partial charge in [-0.05, 0) is 29.3 Å². The number of carboxylic acids is 1. The van der Waals surface area contributed by atoms with Crippen molar-refractivity contribution < 1.29 is 19.4 Å². The highest BCUT2D eigenvalue weighted by Crippen LogP contribution is 2.20. The number of hydrogen-bond acceptors (Lipinski definition) is 3. The molecule has 0 saturated heterocycles. The van der Waals surface area contributed by atoms with E-state index in [1.807, 2.05) is 30.3 Å². The topological polar surface area (TPSA) is 55.8 Å². The Balaban J connectivity index is 2.12. The molecule has 0 aliphatic rings. The molecule has 0 atom stereocenters. The number of rotatable bonds is 6. The first kappa shape index (κ1) is 14.1. The highest BCUT2D eigenvalue weighted by Gasteiger charge is 2.11. The van der Waals surface area contributed by atoms with Crippen molar-refractivity contribution in [3.05, 3.63) is 65.2 Å². The van der Waals surface area contributed by atoms with Gasteiger partial charge in [-0.15, -0.1) is 0 Å². The number of ether oxygens (including phenoxy) is 2. The van der Waals surface area contributed by atoms with E-state index in [2.05, 4.69) is 0 Å². The Hall–Kier alpha value is -2.33. The van der Waals surface area contributed by atoms with Crippen LogP contribution in [0.3, 0.4) is 0 Å². The van der Waals surface area contributed by atoms with Crippen LogP contribution in [0, 0.1) is 0 Å². The average Bonchev–Trinajstić information content (AvgIpc) is 2.46. The Morgan fingerprint density at radius 3 is 2.50 bits per heavy atom. The molecule has 0 aliphatic carbocycles. The minimum Gasteiger partial charge on any atom is -0.489 e. The van der Waals surface area contributed by atoms with Gasteiger partial charge in [-0.2, -0.15) is 0 Å². The third kappa shape index (κ3) is 3.59. The molecular weight excluding hydrogens is 256 g/mol. The number of aromatic carboxylic acids is 1. The van der Waals surface area contributed by atoms with E-state index in [4.69, 9.17) is 14.6 Å². The van der Waals surface area contributed by atoms with Crippen molar-refractivity contribution in [3.63, 3.8) is 0 Å². The van der Waals surface area contributed by atoms with E-state index in [0.717, 1.165) is 5.56 Å². The zero-order valence-electron chi connectivity index (χ0n) is 11.2. The summed E-state index contributed by atoms with van der Waals surface area (Å²) in [5, 5.41) is 9.09. The highest BCUT2D eigenvalue weighted by atomic mass is 16.5. The molecule has 0 unspecified atom stereocenters. The average molecular weight is 272 g/mol. The van der Waals surface area contributed by atoms with Gasteiger partial charge in [0.15, 0.2) is 0 Å². The van der Waals surface area contributed by atoms with Gasteiger partial charge in [0.05, 0.1) is 12.2 Å². The molecule has 104 valence electrons. The second-order valence-electron chi connectivity index (χ2n) is 4.33. The van der Waals surface area contributed by atoms with Gasteiger partial charge < -0.3 is 14.6 Å². The van der Waals surface area contributed by atoms with Gasteiger partial charge in [0.1, 0.15) is 12.4 Å². The van der Waals surface area contributed by atoms with Crippen LogP contribution in [0.5, 0.6) is 5.75 Å². The van der Waals surface area contributed by atoms with Gasteiger partial charge in [0.2, 0.25) is 0 Å². The fourth-order valence-corrected chi connectivity index (χ4v) is 1.88. The Morgan fingerprint density at radius 1 is 1.10 bits per heavy atom. The lowest BCUT2D eigenvalue weighted by molar-refractivity contribution is 0.0691. The SMILES string of the molecule is COCc1cc(OCc2ccccc2)ccc1C(=O)O. The first-order chi connectivity index (χ1) is 9.70. The van der Waals surface area contributed by atoms with Gasteiger partial charge in [0, 0.05) is 7.11 Å². The Labute approximate surface area is 117 Å². The van der Waals surface area contributed by atoms with Crippen LogP contribution < -0.4 is 4.74 Å². The Bertz CT molecular complexity index is 578. The van der Waals surface area contributed by atoms with Crippen LogP contribution in [-0.4, -0.2) is 18.2 Å². The molecule has 2 aromatic carbocycles. The van der Waals surface area contributed by atoms with E-state index < -0.39 is 5.97 Å². The normalized spacial score (nSPS) is 10.2.